The van der Waals surface area contributed by atoms with Gasteiger partial charge in [-0.05, 0) is 62.4 Å². The summed E-state index contributed by atoms with van der Waals surface area (Å²) < 4.78 is 35.0. The summed E-state index contributed by atoms with van der Waals surface area (Å²) in [6, 6.07) is 12.2. The number of benzene rings is 2. The Labute approximate surface area is 189 Å². The quantitative estimate of drug-likeness (QED) is 0.611. The van der Waals surface area contributed by atoms with Gasteiger partial charge in [-0.25, -0.2) is 8.42 Å². The predicted octanol–water partition coefficient (Wildman–Crippen LogP) is 5.14. The van der Waals surface area contributed by atoms with E-state index in [-0.39, 0.29) is 16.8 Å². The van der Waals surface area contributed by atoms with Crippen molar-refractivity contribution >= 4 is 27.2 Å². The van der Waals surface area contributed by atoms with Crippen LogP contribution in [0.5, 0.6) is 0 Å². The first kappa shape index (κ1) is 21.5. The van der Waals surface area contributed by atoms with Gasteiger partial charge in [-0.1, -0.05) is 31.4 Å². The van der Waals surface area contributed by atoms with E-state index in [1.54, 1.807) is 36.4 Å². The van der Waals surface area contributed by atoms with Gasteiger partial charge in [0.25, 0.3) is 10.0 Å². The highest BCUT2D eigenvalue weighted by atomic mass is 32.2. The SMILES string of the molecule is CC(=O)c1cccc(NS(=O)(=O)c2ccc3c(c2)[C@H]2OCC[C@H]2[C@H](C2CCCCC2)N3)c1. The van der Waals surface area contributed by atoms with E-state index in [9.17, 15) is 13.2 Å². The van der Waals surface area contributed by atoms with Gasteiger partial charge in [0.15, 0.2) is 5.78 Å². The molecule has 1 saturated carbocycles. The van der Waals surface area contributed by atoms with Gasteiger partial charge < -0.3 is 10.1 Å². The van der Waals surface area contributed by atoms with E-state index in [0.717, 1.165) is 17.7 Å². The summed E-state index contributed by atoms with van der Waals surface area (Å²) in [5, 5.41) is 3.75. The van der Waals surface area contributed by atoms with Gasteiger partial charge in [0.2, 0.25) is 0 Å². The number of ether oxygens (including phenoxy) is 1. The van der Waals surface area contributed by atoms with Crippen molar-refractivity contribution in [1.82, 2.24) is 0 Å². The molecule has 0 bridgehead atoms. The van der Waals surface area contributed by atoms with Crippen LogP contribution in [0.15, 0.2) is 47.4 Å². The number of carbonyl (C=O) groups excluding carboxylic acids is 1. The Kier molecular flexibility index (Phi) is 5.72. The van der Waals surface area contributed by atoms with E-state index in [1.165, 1.54) is 39.0 Å². The van der Waals surface area contributed by atoms with Crippen LogP contribution in [-0.2, 0) is 14.8 Å². The van der Waals surface area contributed by atoms with E-state index in [0.29, 0.717) is 35.7 Å². The highest BCUT2D eigenvalue weighted by molar-refractivity contribution is 7.92. The molecule has 0 radical (unpaired) electrons. The Hall–Kier alpha value is -2.38. The highest BCUT2D eigenvalue weighted by Gasteiger charge is 2.44. The maximum atomic E-state index is 13.1. The lowest BCUT2D eigenvalue weighted by Gasteiger charge is -2.42. The Morgan fingerprint density at radius 1 is 1.06 bits per heavy atom. The van der Waals surface area contributed by atoms with Gasteiger partial charge in [0.1, 0.15) is 0 Å². The number of rotatable bonds is 5. The lowest BCUT2D eigenvalue weighted by atomic mass is 9.73. The summed E-state index contributed by atoms with van der Waals surface area (Å²) >= 11 is 0. The molecule has 3 aliphatic rings. The molecule has 1 saturated heterocycles. The van der Waals surface area contributed by atoms with Crippen molar-refractivity contribution in [2.45, 2.75) is 62.5 Å². The van der Waals surface area contributed by atoms with Gasteiger partial charge >= 0.3 is 0 Å². The molecule has 6 nitrogen and oxygen atoms in total. The summed E-state index contributed by atoms with van der Waals surface area (Å²) in [7, 11) is -3.80. The summed E-state index contributed by atoms with van der Waals surface area (Å²) in [6.45, 7) is 2.18. The second-order valence-electron chi connectivity index (χ2n) is 9.30. The first-order valence-electron chi connectivity index (χ1n) is 11.6. The van der Waals surface area contributed by atoms with Gasteiger partial charge in [-0.3, -0.25) is 9.52 Å². The molecule has 170 valence electrons. The molecule has 1 aliphatic carbocycles. The van der Waals surface area contributed by atoms with E-state index in [1.807, 2.05) is 6.07 Å². The molecule has 2 fully saturated rings. The first-order valence-corrected chi connectivity index (χ1v) is 13.1. The standard InChI is InChI=1S/C25H30N2O4S/c1-16(28)18-8-5-9-19(14-18)27-32(29,30)20-10-11-23-22(15-20)25-21(12-13-31-25)24(26-23)17-6-3-2-4-7-17/h5,8-11,14-15,17,21,24-27H,2-4,6-7,12-13H2,1H3/t21-,24-,25-/m0/s1. The largest absolute Gasteiger partial charge is 0.381 e. The molecule has 2 aliphatic heterocycles. The average molecular weight is 455 g/mol. The summed E-state index contributed by atoms with van der Waals surface area (Å²) in [6.07, 6.45) is 7.37. The lowest BCUT2D eigenvalue weighted by molar-refractivity contribution is 0.0730. The second kappa shape index (κ2) is 8.52. The van der Waals surface area contributed by atoms with Gasteiger partial charge in [0, 0.05) is 41.1 Å². The molecule has 3 atom stereocenters. The van der Waals surface area contributed by atoms with Crippen molar-refractivity contribution in [1.29, 1.82) is 0 Å². The van der Waals surface area contributed by atoms with E-state index in [2.05, 4.69) is 10.0 Å². The Bertz CT molecular complexity index is 1120. The number of Topliss-reactive ketones (excluding diaryl/α,β-unsaturated/α-hetero) is 1. The van der Waals surface area contributed by atoms with Crippen molar-refractivity contribution in [3.63, 3.8) is 0 Å². The van der Waals surface area contributed by atoms with Crippen molar-refractivity contribution in [3.8, 4) is 0 Å². The highest BCUT2D eigenvalue weighted by Crippen LogP contribution is 2.48. The topological polar surface area (TPSA) is 84.5 Å². The molecule has 7 heteroatoms. The number of fused-ring (bicyclic) bond motifs is 3. The Balaban J connectivity index is 1.43. The zero-order valence-electron chi connectivity index (χ0n) is 18.3. The zero-order chi connectivity index (χ0) is 22.3. The van der Waals surface area contributed by atoms with Crippen LogP contribution in [-0.4, -0.2) is 26.8 Å². The van der Waals surface area contributed by atoms with Gasteiger partial charge in [0.05, 0.1) is 11.0 Å². The molecule has 0 unspecified atom stereocenters. The van der Waals surface area contributed by atoms with Crippen LogP contribution in [0.3, 0.4) is 0 Å². The molecule has 5 rings (SSSR count). The number of hydrogen-bond donors (Lipinski definition) is 2. The number of hydrogen-bond acceptors (Lipinski definition) is 5. The van der Waals surface area contributed by atoms with Crippen molar-refractivity contribution in [2.75, 3.05) is 16.6 Å². The van der Waals surface area contributed by atoms with Crippen LogP contribution in [0.1, 0.15) is 67.5 Å². The molecule has 0 spiro atoms. The van der Waals surface area contributed by atoms with Crippen LogP contribution in [0.4, 0.5) is 11.4 Å². The number of carbonyl (C=O) groups is 1. The minimum absolute atomic E-state index is 0.0608. The third kappa shape index (κ3) is 4.04. The Morgan fingerprint density at radius 3 is 2.66 bits per heavy atom. The average Bonchev–Trinajstić information content (AvgIpc) is 3.29. The maximum absolute atomic E-state index is 13.1. The fourth-order valence-electron chi connectivity index (χ4n) is 5.63. The summed E-state index contributed by atoms with van der Waals surface area (Å²) in [4.78, 5) is 11.8. The molecule has 2 aromatic rings. The van der Waals surface area contributed by atoms with Crippen LogP contribution in [0.2, 0.25) is 0 Å². The minimum atomic E-state index is -3.80. The fraction of sp³-hybridized carbons (Fsp3) is 0.480. The van der Waals surface area contributed by atoms with Gasteiger partial charge in [-0.15, -0.1) is 0 Å². The minimum Gasteiger partial charge on any atom is -0.381 e. The molecular weight excluding hydrogens is 424 g/mol. The maximum Gasteiger partial charge on any atom is 0.261 e. The van der Waals surface area contributed by atoms with Crippen molar-refractivity contribution in [2.24, 2.45) is 11.8 Å². The molecule has 0 amide bonds. The molecule has 2 heterocycles. The number of sulfonamides is 1. The molecule has 32 heavy (non-hydrogen) atoms. The first-order chi connectivity index (χ1) is 15.4. The number of ketones is 1. The predicted molar refractivity (Wildman–Crippen MR) is 124 cm³/mol. The van der Waals surface area contributed by atoms with Crippen molar-refractivity contribution in [3.05, 3.63) is 53.6 Å². The Morgan fingerprint density at radius 2 is 1.88 bits per heavy atom. The molecular formula is C25H30N2O4S. The summed E-state index contributed by atoms with van der Waals surface area (Å²) in [5.41, 5.74) is 2.76. The lowest BCUT2D eigenvalue weighted by Crippen LogP contribution is -2.42. The van der Waals surface area contributed by atoms with Crippen molar-refractivity contribution < 1.29 is 17.9 Å². The van der Waals surface area contributed by atoms with E-state index < -0.39 is 10.0 Å². The molecule has 0 aromatic heterocycles. The third-order valence-corrected chi connectivity index (χ3v) is 8.62. The van der Waals surface area contributed by atoms with Crippen LogP contribution in [0.25, 0.3) is 0 Å². The van der Waals surface area contributed by atoms with Gasteiger partial charge in [-0.2, -0.15) is 0 Å². The van der Waals surface area contributed by atoms with E-state index in [4.69, 9.17) is 4.74 Å². The zero-order valence-corrected chi connectivity index (χ0v) is 19.2. The third-order valence-electron chi connectivity index (χ3n) is 7.24. The molecule has 2 N–H and O–H groups in total. The van der Waals surface area contributed by atoms with E-state index >= 15 is 0 Å². The fourth-order valence-corrected chi connectivity index (χ4v) is 6.72. The van der Waals surface area contributed by atoms with Crippen LogP contribution >= 0.6 is 0 Å². The normalized spacial score (nSPS) is 25.5. The smallest absolute Gasteiger partial charge is 0.261 e. The second-order valence-corrected chi connectivity index (χ2v) is 11.0. The summed E-state index contributed by atoms with van der Waals surface area (Å²) in [5.74, 6) is 0.927. The monoisotopic (exact) mass is 454 g/mol. The van der Waals surface area contributed by atoms with Crippen LogP contribution in [0, 0.1) is 11.8 Å². The number of nitrogens with one attached hydrogen (secondary N) is 2. The number of anilines is 2. The molecule has 2 aromatic carbocycles. The van der Waals surface area contributed by atoms with Crippen LogP contribution < -0.4 is 10.0 Å².